The molecule has 0 saturated carbocycles. The Hall–Kier alpha value is -2.87. The third kappa shape index (κ3) is 4.76. The topological polar surface area (TPSA) is 79.8 Å². The van der Waals surface area contributed by atoms with Gasteiger partial charge in [0.1, 0.15) is 11.6 Å². The number of nitrogens with one attached hydrogen (secondary N) is 1. The van der Waals surface area contributed by atoms with Gasteiger partial charge in [-0.1, -0.05) is 0 Å². The van der Waals surface area contributed by atoms with Gasteiger partial charge in [-0.25, -0.2) is 4.98 Å². The molecule has 0 bridgehead atoms. The first-order valence-electron chi connectivity index (χ1n) is 10.1. The maximum absolute atomic E-state index is 12.9. The van der Waals surface area contributed by atoms with E-state index in [4.69, 9.17) is 9.47 Å². The van der Waals surface area contributed by atoms with Crippen molar-refractivity contribution < 1.29 is 14.3 Å². The van der Waals surface area contributed by atoms with E-state index in [1.165, 1.54) is 0 Å². The van der Waals surface area contributed by atoms with Crippen molar-refractivity contribution in [2.75, 3.05) is 56.7 Å². The Morgan fingerprint density at radius 2 is 1.97 bits per heavy atom. The molecule has 2 aromatic rings. The summed E-state index contributed by atoms with van der Waals surface area (Å²) in [7, 11) is 1.65. The van der Waals surface area contributed by atoms with Crippen LogP contribution in [-0.2, 0) is 9.53 Å². The second kappa shape index (κ2) is 9.09. The van der Waals surface area contributed by atoms with Crippen LogP contribution in [0.3, 0.4) is 0 Å². The van der Waals surface area contributed by atoms with Crippen LogP contribution in [0.15, 0.2) is 36.5 Å². The zero-order valence-corrected chi connectivity index (χ0v) is 16.7. The molecule has 29 heavy (non-hydrogen) atoms. The van der Waals surface area contributed by atoms with Gasteiger partial charge in [-0.05, 0) is 43.2 Å². The number of methoxy groups -OCH3 is 1. The fraction of sp³-hybridized carbons (Fsp3) is 0.476. The Bertz CT molecular complexity index is 823. The standard InChI is InChI=1S/C21H27N5O3/c1-28-18-6-4-17(5-7-18)23-19-8-9-22-21(24-19)26-10-2-3-16(15-26)20(27)25-11-13-29-14-12-25/h4-9,16H,2-3,10-15H2,1H3,(H,22,23,24). The second-order valence-electron chi connectivity index (χ2n) is 7.32. The quantitative estimate of drug-likeness (QED) is 0.829. The highest BCUT2D eigenvalue weighted by Gasteiger charge is 2.31. The minimum atomic E-state index is -0.0105. The molecule has 1 atom stereocenters. The van der Waals surface area contributed by atoms with Crippen LogP contribution >= 0.6 is 0 Å². The number of morpholine rings is 1. The van der Waals surface area contributed by atoms with Gasteiger partial charge >= 0.3 is 0 Å². The molecule has 0 radical (unpaired) electrons. The Morgan fingerprint density at radius 3 is 2.72 bits per heavy atom. The van der Waals surface area contributed by atoms with Crippen molar-refractivity contribution in [3.8, 4) is 5.75 Å². The smallest absolute Gasteiger partial charge is 0.227 e. The van der Waals surface area contributed by atoms with Gasteiger partial charge in [0, 0.05) is 38.1 Å². The first-order valence-corrected chi connectivity index (χ1v) is 10.1. The van der Waals surface area contributed by atoms with Crippen molar-refractivity contribution in [3.63, 3.8) is 0 Å². The van der Waals surface area contributed by atoms with Gasteiger partial charge in [0.2, 0.25) is 11.9 Å². The maximum atomic E-state index is 12.9. The third-order valence-corrected chi connectivity index (χ3v) is 5.38. The number of nitrogens with zero attached hydrogens (tertiary/aromatic N) is 4. The van der Waals surface area contributed by atoms with Crippen LogP contribution < -0.4 is 15.0 Å². The zero-order valence-electron chi connectivity index (χ0n) is 16.7. The van der Waals surface area contributed by atoms with E-state index in [-0.39, 0.29) is 11.8 Å². The lowest BCUT2D eigenvalue weighted by Gasteiger charge is -2.36. The zero-order chi connectivity index (χ0) is 20.1. The third-order valence-electron chi connectivity index (χ3n) is 5.38. The molecule has 154 valence electrons. The summed E-state index contributed by atoms with van der Waals surface area (Å²) in [5.74, 6) is 2.40. The fourth-order valence-electron chi connectivity index (χ4n) is 3.79. The van der Waals surface area contributed by atoms with Crippen molar-refractivity contribution in [3.05, 3.63) is 36.5 Å². The SMILES string of the molecule is COc1ccc(Nc2ccnc(N3CCCC(C(=O)N4CCOCC4)C3)n2)cc1. The predicted molar refractivity (Wildman–Crippen MR) is 111 cm³/mol. The average molecular weight is 397 g/mol. The molecule has 8 heteroatoms. The molecule has 1 amide bonds. The first-order chi connectivity index (χ1) is 14.2. The van der Waals surface area contributed by atoms with Gasteiger partial charge in [-0.15, -0.1) is 0 Å². The normalized spacial score (nSPS) is 19.7. The summed E-state index contributed by atoms with van der Waals surface area (Å²) in [5.41, 5.74) is 0.925. The number of piperidine rings is 1. The summed E-state index contributed by atoms with van der Waals surface area (Å²) in [6.45, 7) is 4.15. The molecule has 0 aliphatic carbocycles. The molecule has 2 fully saturated rings. The molecular formula is C21H27N5O3. The molecule has 0 spiro atoms. The lowest BCUT2D eigenvalue weighted by molar-refractivity contribution is -0.139. The number of benzene rings is 1. The van der Waals surface area contributed by atoms with Crippen LogP contribution in [0, 0.1) is 5.92 Å². The largest absolute Gasteiger partial charge is 0.497 e. The molecule has 1 aromatic carbocycles. The van der Waals surface area contributed by atoms with Crippen LogP contribution in [0.25, 0.3) is 0 Å². The Morgan fingerprint density at radius 1 is 1.17 bits per heavy atom. The Balaban J connectivity index is 1.42. The van der Waals surface area contributed by atoms with Crippen molar-refractivity contribution in [2.45, 2.75) is 12.8 Å². The Labute approximate surface area is 170 Å². The molecule has 2 saturated heterocycles. The minimum absolute atomic E-state index is 0.0105. The highest BCUT2D eigenvalue weighted by atomic mass is 16.5. The van der Waals surface area contributed by atoms with Crippen LogP contribution in [0.2, 0.25) is 0 Å². The van der Waals surface area contributed by atoms with E-state index in [1.807, 2.05) is 35.2 Å². The van der Waals surface area contributed by atoms with Crippen molar-refractivity contribution in [2.24, 2.45) is 5.92 Å². The van der Waals surface area contributed by atoms with Gasteiger partial charge < -0.3 is 24.6 Å². The van der Waals surface area contributed by atoms with Gasteiger partial charge in [-0.2, -0.15) is 4.98 Å². The molecular weight excluding hydrogens is 370 g/mol. The minimum Gasteiger partial charge on any atom is -0.497 e. The molecule has 2 aliphatic heterocycles. The number of carbonyl (C=O) groups is 1. The number of anilines is 3. The molecule has 2 aliphatic rings. The number of hydrogen-bond donors (Lipinski definition) is 1. The predicted octanol–water partition coefficient (Wildman–Crippen LogP) is 2.30. The Kier molecular flexibility index (Phi) is 6.09. The van der Waals surface area contributed by atoms with Gasteiger partial charge in [-0.3, -0.25) is 4.79 Å². The highest BCUT2D eigenvalue weighted by Crippen LogP contribution is 2.24. The molecule has 3 heterocycles. The summed E-state index contributed by atoms with van der Waals surface area (Å²) in [6, 6.07) is 9.53. The van der Waals surface area contributed by atoms with Crippen LogP contribution in [0.1, 0.15) is 12.8 Å². The van der Waals surface area contributed by atoms with Crippen molar-refractivity contribution in [1.29, 1.82) is 0 Å². The van der Waals surface area contributed by atoms with E-state index in [9.17, 15) is 4.79 Å². The monoisotopic (exact) mass is 397 g/mol. The van der Waals surface area contributed by atoms with Gasteiger partial charge in [0.25, 0.3) is 0 Å². The average Bonchev–Trinajstić information content (AvgIpc) is 2.80. The number of ether oxygens (including phenoxy) is 2. The molecule has 4 rings (SSSR count). The molecule has 1 N–H and O–H groups in total. The van der Waals surface area contributed by atoms with Crippen LogP contribution in [0.5, 0.6) is 5.75 Å². The summed E-state index contributed by atoms with van der Waals surface area (Å²) < 4.78 is 10.6. The van der Waals surface area contributed by atoms with Gasteiger partial charge in [0.15, 0.2) is 0 Å². The van der Waals surface area contributed by atoms with Crippen molar-refractivity contribution >= 4 is 23.4 Å². The maximum Gasteiger partial charge on any atom is 0.227 e. The van der Waals surface area contributed by atoms with E-state index in [2.05, 4.69) is 20.2 Å². The first kappa shape index (κ1) is 19.4. The van der Waals surface area contributed by atoms with E-state index in [0.29, 0.717) is 38.8 Å². The van der Waals surface area contributed by atoms with Crippen LogP contribution in [0.4, 0.5) is 17.5 Å². The van der Waals surface area contributed by atoms with E-state index in [0.717, 1.165) is 36.6 Å². The lowest BCUT2D eigenvalue weighted by atomic mass is 9.96. The number of aromatic nitrogens is 2. The lowest BCUT2D eigenvalue weighted by Crippen LogP contribution is -2.48. The number of hydrogen-bond acceptors (Lipinski definition) is 7. The number of rotatable bonds is 5. The number of carbonyl (C=O) groups excluding carboxylic acids is 1. The fourth-order valence-corrected chi connectivity index (χ4v) is 3.79. The molecule has 8 nitrogen and oxygen atoms in total. The summed E-state index contributed by atoms with van der Waals surface area (Å²) in [4.78, 5) is 26.0. The summed E-state index contributed by atoms with van der Waals surface area (Å²) >= 11 is 0. The highest BCUT2D eigenvalue weighted by molar-refractivity contribution is 5.79. The van der Waals surface area contributed by atoms with Gasteiger partial charge in [0.05, 0.1) is 26.2 Å². The second-order valence-corrected chi connectivity index (χ2v) is 7.32. The molecule has 1 aromatic heterocycles. The van der Waals surface area contributed by atoms with E-state index >= 15 is 0 Å². The summed E-state index contributed by atoms with van der Waals surface area (Å²) in [6.07, 6.45) is 3.62. The van der Waals surface area contributed by atoms with Crippen LogP contribution in [-0.4, -0.2) is 67.3 Å². The van der Waals surface area contributed by atoms with E-state index in [1.54, 1.807) is 13.3 Å². The molecule has 1 unspecified atom stereocenters. The summed E-state index contributed by atoms with van der Waals surface area (Å²) in [5, 5.41) is 3.30. The van der Waals surface area contributed by atoms with Crippen molar-refractivity contribution in [1.82, 2.24) is 14.9 Å². The number of amides is 1. The van der Waals surface area contributed by atoms with E-state index < -0.39 is 0 Å².